The van der Waals surface area contributed by atoms with Crippen molar-refractivity contribution in [3.05, 3.63) is 0 Å². The van der Waals surface area contributed by atoms with Crippen LogP contribution in [0.5, 0.6) is 0 Å². The van der Waals surface area contributed by atoms with Crippen LogP contribution in [0, 0.1) is 45.3 Å². The normalized spacial score (nSPS) is 57.6. The van der Waals surface area contributed by atoms with Gasteiger partial charge in [0.2, 0.25) is 0 Å². The van der Waals surface area contributed by atoms with Crippen LogP contribution in [0.15, 0.2) is 0 Å². The second-order valence-corrected chi connectivity index (χ2v) is 15.4. The van der Waals surface area contributed by atoms with E-state index >= 15 is 0 Å². The van der Waals surface area contributed by atoms with E-state index in [-0.39, 0.29) is 45.1 Å². The highest BCUT2D eigenvalue weighted by Gasteiger charge is 2.71. The van der Waals surface area contributed by atoms with Crippen molar-refractivity contribution in [2.24, 2.45) is 45.3 Å². The molecule has 4 aliphatic carbocycles. The molecule has 2 N–H and O–H groups in total. The summed E-state index contributed by atoms with van der Waals surface area (Å²) >= 11 is 0. The molecule has 0 unspecified atom stereocenters. The molecule has 4 saturated carbocycles. The number of ether oxygens (including phenoxy) is 1. The molecule has 0 spiro atoms. The quantitative estimate of drug-likeness (QED) is 0.455. The largest absolute Gasteiger partial charge is 0.393 e. The van der Waals surface area contributed by atoms with Crippen LogP contribution >= 0.6 is 0 Å². The van der Waals surface area contributed by atoms with Crippen LogP contribution in [0.2, 0.25) is 0 Å². The van der Waals surface area contributed by atoms with Gasteiger partial charge in [0.1, 0.15) is 0 Å². The summed E-state index contributed by atoms with van der Waals surface area (Å²) in [6, 6.07) is 0. The second kappa shape index (κ2) is 7.22. The summed E-state index contributed by atoms with van der Waals surface area (Å²) in [6.45, 7) is 19.2. The standard InChI is InChI=1S/C30H52O3/c1-25(2)13-9-14-30(8,33-25)19-10-16-29(7)24(19)20(31)18-22-27(5)15-12-23(32)26(3,4)21(27)11-17-28(22,29)6/h19-24,31-32H,9-18H2,1-8H3/t19-,20-,21-,22-,23+,24+,27-,28-,29-,30-/m1/s1. The zero-order valence-corrected chi connectivity index (χ0v) is 22.8. The molecule has 0 radical (unpaired) electrons. The topological polar surface area (TPSA) is 49.7 Å². The predicted octanol–water partition coefficient (Wildman–Crippen LogP) is 6.74. The minimum absolute atomic E-state index is 0.0375. The van der Waals surface area contributed by atoms with Crippen molar-refractivity contribution in [3.63, 3.8) is 0 Å². The lowest BCUT2D eigenvalue weighted by atomic mass is 9.35. The van der Waals surface area contributed by atoms with Gasteiger partial charge in [0, 0.05) is 0 Å². The molecule has 3 heteroatoms. The van der Waals surface area contributed by atoms with Gasteiger partial charge in [-0.05, 0) is 130 Å². The second-order valence-electron chi connectivity index (χ2n) is 15.4. The average molecular weight is 461 g/mol. The molecule has 1 saturated heterocycles. The molecule has 1 heterocycles. The van der Waals surface area contributed by atoms with Gasteiger partial charge in [-0.25, -0.2) is 0 Å². The first-order valence-corrected chi connectivity index (χ1v) is 14.2. The molecule has 0 aromatic rings. The Labute approximate surface area is 203 Å². The fourth-order valence-electron chi connectivity index (χ4n) is 11.3. The maximum absolute atomic E-state index is 11.9. The van der Waals surface area contributed by atoms with Gasteiger partial charge in [-0.1, -0.05) is 34.6 Å². The summed E-state index contributed by atoms with van der Waals surface area (Å²) in [6.07, 6.45) is 10.9. The summed E-state index contributed by atoms with van der Waals surface area (Å²) in [7, 11) is 0. The van der Waals surface area contributed by atoms with Gasteiger partial charge in [0.15, 0.2) is 0 Å². The average Bonchev–Trinajstić information content (AvgIpc) is 3.07. The number of hydrogen-bond donors (Lipinski definition) is 2. The molecule has 0 amide bonds. The summed E-state index contributed by atoms with van der Waals surface area (Å²) in [5, 5.41) is 22.8. The lowest BCUT2D eigenvalue weighted by Crippen LogP contribution is -2.66. The molecule has 1 aliphatic heterocycles. The molecule has 33 heavy (non-hydrogen) atoms. The highest BCUT2D eigenvalue weighted by molar-refractivity contribution is 5.20. The van der Waals surface area contributed by atoms with Crippen LogP contribution in [0.25, 0.3) is 0 Å². The number of hydrogen-bond acceptors (Lipinski definition) is 3. The monoisotopic (exact) mass is 460 g/mol. The van der Waals surface area contributed by atoms with Crippen molar-refractivity contribution < 1.29 is 14.9 Å². The van der Waals surface area contributed by atoms with Crippen molar-refractivity contribution >= 4 is 0 Å². The van der Waals surface area contributed by atoms with Crippen LogP contribution in [0.1, 0.15) is 120 Å². The molecule has 0 aromatic carbocycles. The van der Waals surface area contributed by atoms with E-state index in [9.17, 15) is 10.2 Å². The highest BCUT2D eigenvalue weighted by Crippen LogP contribution is 2.76. The van der Waals surface area contributed by atoms with Gasteiger partial charge in [-0.2, -0.15) is 0 Å². The zero-order valence-electron chi connectivity index (χ0n) is 22.8. The van der Waals surface area contributed by atoms with Crippen molar-refractivity contribution in [1.82, 2.24) is 0 Å². The Morgan fingerprint density at radius 3 is 2.03 bits per heavy atom. The lowest BCUT2D eigenvalue weighted by Gasteiger charge is -2.70. The van der Waals surface area contributed by atoms with E-state index in [4.69, 9.17) is 4.74 Å². The van der Waals surface area contributed by atoms with E-state index in [0.29, 0.717) is 23.7 Å². The first-order valence-electron chi connectivity index (χ1n) is 14.2. The minimum Gasteiger partial charge on any atom is -0.393 e. The van der Waals surface area contributed by atoms with Gasteiger partial charge < -0.3 is 14.9 Å². The third-order valence-corrected chi connectivity index (χ3v) is 13.1. The van der Waals surface area contributed by atoms with E-state index in [0.717, 1.165) is 32.1 Å². The molecular formula is C30H52O3. The molecule has 190 valence electrons. The van der Waals surface area contributed by atoms with Crippen molar-refractivity contribution in [2.45, 2.75) is 143 Å². The van der Waals surface area contributed by atoms with Crippen molar-refractivity contribution in [2.75, 3.05) is 0 Å². The molecule has 5 aliphatic rings. The maximum Gasteiger partial charge on any atom is 0.0693 e. The van der Waals surface area contributed by atoms with Crippen LogP contribution in [0.4, 0.5) is 0 Å². The van der Waals surface area contributed by atoms with E-state index in [1.54, 1.807) is 0 Å². The maximum atomic E-state index is 11.9. The van der Waals surface area contributed by atoms with E-state index < -0.39 is 0 Å². The smallest absolute Gasteiger partial charge is 0.0693 e. The fraction of sp³-hybridized carbons (Fsp3) is 1.00. The third-order valence-electron chi connectivity index (χ3n) is 13.1. The van der Waals surface area contributed by atoms with Crippen molar-refractivity contribution in [1.29, 1.82) is 0 Å². The number of fused-ring (bicyclic) bond motifs is 5. The first kappa shape index (κ1) is 24.6. The molecular weight excluding hydrogens is 408 g/mol. The Hall–Kier alpha value is -0.120. The van der Waals surface area contributed by atoms with E-state index in [2.05, 4.69) is 55.4 Å². The number of rotatable bonds is 1. The lowest BCUT2D eigenvalue weighted by molar-refractivity contribution is -0.257. The molecule has 10 atom stereocenters. The molecule has 0 bridgehead atoms. The van der Waals surface area contributed by atoms with Crippen LogP contribution < -0.4 is 0 Å². The minimum atomic E-state index is -0.239. The van der Waals surface area contributed by atoms with Gasteiger partial charge >= 0.3 is 0 Å². The molecule has 5 rings (SSSR count). The summed E-state index contributed by atoms with van der Waals surface area (Å²) in [4.78, 5) is 0. The van der Waals surface area contributed by atoms with E-state index in [1.807, 2.05) is 0 Å². The fourth-order valence-corrected chi connectivity index (χ4v) is 11.3. The zero-order chi connectivity index (χ0) is 24.2. The van der Waals surface area contributed by atoms with Crippen molar-refractivity contribution in [3.8, 4) is 0 Å². The number of aliphatic hydroxyl groups is 2. The van der Waals surface area contributed by atoms with E-state index in [1.165, 1.54) is 32.1 Å². The first-order chi connectivity index (χ1) is 15.1. The SMILES string of the molecule is CC1(C)CCC[C@](C)([C@@H]2CC[C@]3(C)[C@@H]2[C@H](O)C[C@@H]2[C@]4(C)CC[C@H](O)C(C)(C)[C@H]4CC[C@]23C)O1. The summed E-state index contributed by atoms with van der Waals surface area (Å²) < 4.78 is 6.86. The number of aliphatic hydroxyl groups excluding tert-OH is 2. The Kier molecular flexibility index (Phi) is 5.38. The Bertz CT molecular complexity index is 789. The molecule has 0 aromatic heterocycles. The molecule has 3 nitrogen and oxygen atoms in total. The van der Waals surface area contributed by atoms with Gasteiger partial charge in [-0.15, -0.1) is 0 Å². The van der Waals surface area contributed by atoms with Crippen LogP contribution in [-0.2, 0) is 4.74 Å². The summed E-state index contributed by atoms with van der Waals surface area (Å²) in [5.41, 5.74) is 0.392. The highest BCUT2D eigenvalue weighted by atomic mass is 16.5. The van der Waals surface area contributed by atoms with Crippen LogP contribution in [-0.4, -0.2) is 33.6 Å². The summed E-state index contributed by atoms with van der Waals surface area (Å²) in [5.74, 6) is 1.85. The predicted molar refractivity (Wildman–Crippen MR) is 134 cm³/mol. The Balaban J connectivity index is 1.51. The third kappa shape index (κ3) is 3.16. The van der Waals surface area contributed by atoms with Crippen LogP contribution in [0.3, 0.4) is 0 Å². The van der Waals surface area contributed by atoms with Gasteiger partial charge in [-0.3, -0.25) is 0 Å². The van der Waals surface area contributed by atoms with Gasteiger partial charge in [0.05, 0.1) is 23.4 Å². The molecule has 5 fully saturated rings. The Morgan fingerprint density at radius 1 is 0.697 bits per heavy atom. The van der Waals surface area contributed by atoms with Gasteiger partial charge in [0.25, 0.3) is 0 Å². The Morgan fingerprint density at radius 2 is 1.36 bits per heavy atom.